The number of hydrogen-bond donors (Lipinski definition) is 0. The molecule has 88 valence electrons. The molecule has 0 aliphatic carbocycles. The Hall–Kier alpha value is -0.0800. The average Bonchev–Trinajstić information content (AvgIpc) is 2.17. The lowest BCUT2D eigenvalue weighted by Crippen LogP contribution is -2.52. The molecular formula is C13H26N2. The lowest BCUT2D eigenvalue weighted by Gasteiger charge is -2.45. The van der Waals surface area contributed by atoms with E-state index in [2.05, 4.69) is 23.6 Å². The molecule has 0 amide bonds. The van der Waals surface area contributed by atoms with Crippen molar-refractivity contribution in [2.24, 2.45) is 11.8 Å². The molecular weight excluding hydrogens is 184 g/mol. The monoisotopic (exact) mass is 210 g/mol. The minimum absolute atomic E-state index is 0.968. The van der Waals surface area contributed by atoms with Crippen molar-refractivity contribution in [2.75, 3.05) is 39.3 Å². The van der Waals surface area contributed by atoms with Crippen LogP contribution in [0.5, 0.6) is 0 Å². The third-order valence-electron chi connectivity index (χ3n) is 3.81. The highest BCUT2D eigenvalue weighted by Crippen LogP contribution is 2.28. The molecule has 2 aliphatic heterocycles. The highest BCUT2D eigenvalue weighted by atomic mass is 15.2. The first-order chi connectivity index (χ1) is 7.31. The summed E-state index contributed by atoms with van der Waals surface area (Å²) in [5.41, 5.74) is 0. The van der Waals surface area contributed by atoms with Crippen molar-refractivity contribution in [2.45, 2.75) is 33.1 Å². The minimum atomic E-state index is 0.968. The van der Waals surface area contributed by atoms with Crippen LogP contribution in [-0.2, 0) is 0 Å². The second kappa shape index (κ2) is 5.31. The van der Waals surface area contributed by atoms with Crippen LogP contribution in [0.4, 0.5) is 0 Å². The maximum atomic E-state index is 2.70. The van der Waals surface area contributed by atoms with E-state index in [4.69, 9.17) is 0 Å². The van der Waals surface area contributed by atoms with Gasteiger partial charge in [0.05, 0.1) is 0 Å². The van der Waals surface area contributed by atoms with Gasteiger partial charge in [0, 0.05) is 26.2 Å². The molecule has 0 radical (unpaired) electrons. The van der Waals surface area contributed by atoms with E-state index in [0.717, 1.165) is 11.8 Å². The molecule has 0 spiro atoms. The van der Waals surface area contributed by atoms with Crippen molar-refractivity contribution in [1.29, 1.82) is 0 Å². The fourth-order valence-electron chi connectivity index (χ4n) is 3.49. The van der Waals surface area contributed by atoms with Gasteiger partial charge in [-0.1, -0.05) is 13.8 Å². The molecule has 2 bridgehead atoms. The van der Waals surface area contributed by atoms with Gasteiger partial charge in [0.1, 0.15) is 0 Å². The standard InChI is InChI=1S/C13H26N2/c1-3-5-14-8-12-7-13(9-14)11-15(10-12)6-4-2/h12-13H,3-11H2,1-2H3. The van der Waals surface area contributed by atoms with Crippen LogP contribution < -0.4 is 0 Å². The summed E-state index contributed by atoms with van der Waals surface area (Å²) < 4.78 is 0. The normalized spacial score (nSPS) is 33.2. The van der Waals surface area contributed by atoms with Gasteiger partial charge in [0.25, 0.3) is 0 Å². The van der Waals surface area contributed by atoms with E-state index < -0.39 is 0 Å². The lowest BCUT2D eigenvalue weighted by atomic mass is 9.84. The number of rotatable bonds is 4. The zero-order chi connectivity index (χ0) is 10.7. The third kappa shape index (κ3) is 2.94. The summed E-state index contributed by atoms with van der Waals surface area (Å²) in [5.74, 6) is 1.94. The summed E-state index contributed by atoms with van der Waals surface area (Å²) in [6, 6.07) is 0. The Bertz CT molecular complexity index is 161. The number of fused-ring (bicyclic) bond motifs is 2. The Morgan fingerprint density at radius 1 is 0.800 bits per heavy atom. The number of nitrogens with zero attached hydrogens (tertiary/aromatic N) is 2. The molecule has 0 N–H and O–H groups in total. The van der Waals surface area contributed by atoms with Gasteiger partial charge in [-0.2, -0.15) is 0 Å². The van der Waals surface area contributed by atoms with Crippen molar-refractivity contribution in [1.82, 2.24) is 9.80 Å². The zero-order valence-electron chi connectivity index (χ0n) is 10.4. The van der Waals surface area contributed by atoms with Gasteiger partial charge in [0.2, 0.25) is 0 Å². The van der Waals surface area contributed by atoms with E-state index in [1.807, 2.05) is 0 Å². The molecule has 0 unspecified atom stereocenters. The Kier molecular flexibility index (Phi) is 4.04. The first-order valence-electron chi connectivity index (χ1n) is 6.76. The topological polar surface area (TPSA) is 6.48 Å². The van der Waals surface area contributed by atoms with Gasteiger partial charge < -0.3 is 9.80 Å². The quantitative estimate of drug-likeness (QED) is 0.701. The summed E-state index contributed by atoms with van der Waals surface area (Å²) in [4.78, 5) is 5.39. The van der Waals surface area contributed by atoms with Crippen LogP contribution >= 0.6 is 0 Å². The summed E-state index contributed by atoms with van der Waals surface area (Å²) in [5, 5.41) is 0. The minimum Gasteiger partial charge on any atom is -0.303 e. The Labute approximate surface area is 94.6 Å². The van der Waals surface area contributed by atoms with Gasteiger partial charge >= 0.3 is 0 Å². The Morgan fingerprint density at radius 3 is 1.53 bits per heavy atom. The van der Waals surface area contributed by atoms with Gasteiger partial charge in [-0.15, -0.1) is 0 Å². The first-order valence-corrected chi connectivity index (χ1v) is 6.76. The first kappa shape index (κ1) is 11.4. The smallest absolute Gasteiger partial charge is 0.00221 e. The van der Waals surface area contributed by atoms with Crippen LogP contribution in [0.1, 0.15) is 33.1 Å². The van der Waals surface area contributed by atoms with Gasteiger partial charge in [-0.05, 0) is 44.2 Å². The third-order valence-corrected chi connectivity index (χ3v) is 3.81. The summed E-state index contributed by atoms with van der Waals surface area (Å²) in [6.07, 6.45) is 4.14. The Balaban J connectivity index is 1.85. The van der Waals surface area contributed by atoms with E-state index in [1.165, 1.54) is 58.5 Å². The van der Waals surface area contributed by atoms with Crippen LogP contribution in [0, 0.1) is 11.8 Å². The van der Waals surface area contributed by atoms with Crippen LogP contribution in [0.15, 0.2) is 0 Å². The molecule has 2 heteroatoms. The van der Waals surface area contributed by atoms with Crippen molar-refractivity contribution in [3.05, 3.63) is 0 Å². The predicted octanol–water partition coefficient (Wildman–Crippen LogP) is 2.06. The van der Waals surface area contributed by atoms with E-state index >= 15 is 0 Å². The fraction of sp³-hybridized carbons (Fsp3) is 1.00. The number of hydrogen-bond acceptors (Lipinski definition) is 2. The van der Waals surface area contributed by atoms with Gasteiger partial charge in [-0.3, -0.25) is 0 Å². The van der Waals surface area contributed by atoms with Gasteiger partial charge in [0.15, 0.2) is 0 Å². The molecule has 2 fully saturated rings. The average molecular weight is 210 g/mol. The second-order valence-electron chi connectivity index (χ2n) is 5.49. The van der Waals surface area contributed by atoms with E-state index in [0.29, 0.717) is 0 Å². The number of piperidine rings is 2. The largest absolute Gasteiger partial charge is 0.303 e. The maximum Gasteiger partial charge on any atom is 0.00221 e. The lowest BCUT2D eigenvalue weighted by molar-refractivity contribution is 0.0315. The molecule has 0 aromatic rings. The SMILES string of the molecule is CCCN1CC2CC(C1)CN(CCC)C2. The summed E-state index contributed by atoms with van der Waals surface area (Å²) in [7, 11) is 0. The summed E-state index contributed by atoms with van der Waals surface area (Å²) in [6.45, 7) is 12.7. The van der Waals surface area contributed by atoms with Crippen LogP contribution in [-0.4, -0.2) is 49.1 Å². The molecule has 2 saturated heterocycles. The molecule has 0 saturated carbocycles. The highest BCUT2D eigenvalue weighted by molar-refractivity contribution is 4.87. The van der Waals surface area contributed by atoms with Crippen LogP contribution in [0.25, 0.3) is 0 Å². The van der Waals surface area contributed by atoms with E-state index in [9.17, 15) is 0 Å². The van der Waals surface area contributed by atoms with Crippen molar-refractivity contribution in [3.63, 3.8) is 0 Å². The Morgan fingerprint density at radius 2 is 1.20 bits per heavy atom. The van der Waals surface area contributed by atoms with Crippen LogP contribution in [0.2, 0.25) is 0 Å². The fourth-order valence-corrected chi connectivity index (χ4v) is 3.49. The van der Waals surface area contributed by atoms with Crippen molar-refractivity contribution in [3.8, 4) is 0 Å². The molecule has 2 nitrogen and oxygen atoms in total. The second-order valence-corrected chi connectivity index (χ2v) is 5.49. The molecule has 2 aliphatic rings. The van der Waals surface area contributed by atoms with E-state index in [1.54, 1.807) is 0 Å². The van der Waals surface area contributed by atoms with Crippen molar-refractivity contribution >= 4 is 0 Å². The molecule has 15 heavy (non-hydrogen) atoms. The zero-order valence-corrected chi connectivity index (χ0v) is 10.4. The summed E-state index contributed by atoms with van der Waals surface area (Å²) >= 11 is 0. The maximum absolute atomic E-state index is 2.70. The van der Waals surface area contributed by atoms with E-state index in [-0.39, 0.29) is 0 Å². The number of likely N-dealkylation sites (tertiary alicyclic amines) is 2. The molecule has 0 aromatic carbocycles. The predicted molar refractivity (Wildman–Crippen MR) is 65.1 cm³/mol. The molecule has 0 aromatic heterocycles. The van der Waals surface area contributed by atoms with Crippen molar-refractivity contribution < 1.29 is 0 Å². The molecule has 2 rings (SSSR count). The van der Waals surface area contributed by atoms with Gasteiger partial charge in [-0.25, -0.2) is 0 Å². The molecule has 0 atom stereocenters. The molecule has 2 heterocycles. The van der Waals surface area contributed by atoms with Crippen LogP contribution in [0.3, 0.4) is 0 Å². The highest BCUT2D eigenvalue weighted by Gasteiger charge is 2.33.